The summed E-state index contributed by atoms with van der Waals surface area (Å²) in [5, 5.41) is 0. The molecule has 0 radical (unpaired) electrons. The largest absolute Gasteiger partial charge is 0.463 e. The molecule has 0 spiro atoms. The Labute approximate surface area is 132 Å². The van der Waals surface area contributed by atoms with Crippen LogP contribution in [-0.2, 0) is 30.7 Å². The minimum atomic E-state index is -0.465. The van der Waals surface area contributed by atoms with E-state index in [0.717, 1.165) is 17.4 Å². The van der Waals surface area contributed by atoms with Crippen LogP contribution in [0.5, 0.6) is 0 Å². The van der Waals surface area contributed by atoms with Crippen molar-refractivity contribution in [2.45, 2.75) is 19.8 Å². The first-order valence-corrected chi connectivity index (χ1v) is 7.35. The van der Waals surface area contributed by atoms with Gasteiger partial charge in [-0.25, -0.2) is 14.6 Å². The first-order valence-electron chi connectivity index (χ1n) is 7.35. The number of imidazole rings is 1. The van der Waals surface area contributed by atoms with E-state index in [9.17, 15) is 14.4 Å². The van der Waals surface area contributed by atoms with Gasteiger partial charge in [0.25, 0.3) is 5.56 Å². The normalized spacial score (nSPS) is 11.5. The lowest BCUT2D eigenvalue weighted by Crippen LogP contribution is -2.37. The van der Waals surface area contributed by atoms with E-state index in [1.807, 2.05) is 6.92 Å². The molecule has 0 fully saturated rings. The second-order valence-corrected chi connectivity index (χ2v) is 5.26. The van der Waals surface area contributed by atoms with Gasteiger partial charge in [-0.1, -0.05) is 13.3 Å². The van der Waals surface area contributed by atoms with Crippen LogP contribution in [0.15, 0.2) is 15.7 Å². The van der Waals surface area contributed by atoms with Crippen molar-refractivity contribution >= 4 is 23.2 Å². The van der Waals surface area contributed by atoms with Gasteiger partial charge in [0.05, 0.1) is 6.61 Å². The number of nitrogens with zero attached hydrogens (tertiary/aromatic N) is 4. The fourth-order valence-electron chi connectivity index (χ4n) is 2.19. The molecule has 2 aromatic heterocycles. The Bertz CT molecular complexity index is 885. The number of fused-ring (bicyclic) bond motifs is 1. The second kappa shape index (κ2) is 6.64. The zero-order valence-electron chi connectivity index (χ0n) is 13.7. The van der Waals surface area contributed by atoms with Crippen molar-refractivity contribution in [1.29, 1.82) is 0 Å². The van der Waals surface area contributed by atoms with E-state index in [1.165, 1.54) is 23.8 Å². The van der Waals surface area contributed by atoms with Crippen LogP contribution in [0.25, 0.3) is 17.2 Å². The van der Waals surface area contributed by atoms with Crippen molar-refractivity contribution in [3.63, 3.8) is 0 Å². The topological polar surface area (TPSA) is 88.1 Å². The number of unbranched alkanes of at least 4 members (excludes halogenated alkanes) is 1. The summed E-state index contributed by atoms with van der Waals surface area (Å²) >= 11 is 0. The Kier molecular flexibility index (Phi) is 4.83. The first-order chi connectivity index (χ1) is 10.9. The molecule has 8 heteroatoms. The lowest BCUT2D eigenvalue weighted by Gasteiger charge is -2.03. The van der Waals surface area contributed by atoms with Crippen molar-refractivity contribution in [2.24, 2.45) is 21.1 Å². The summed E-state index contributed by atoms with van der Waals surface area (Å²) in [5.74, 6) is -0.0713. The number of carbonyl (C=O) groups is 1. The Morgan fingerprint density at radius 2 is 1.87 bits per heavy atom. The molecular weight excluding hydrogens is 300 g/mol. The van der Waals surface area contributed by atoms with Gasteiger partial charge in [0.1, 0.15) is 5.82 Å². The van der Waals surface area contributed by atoms with Crippen molar-refractivity contribution < 1.29 is 9.53 Å². The number of hydrogen-bond donors (Lipinski definition) is 0. The number of aryl methyl sites for hydroxylation is 2. The van der Waals surface area contributed by atoms with Gasteiger partial charge in [0, 0.05) is 27.2 Å². The van der Waals surface area contributed by atoms with Crippen LogP contribution >= 0.6 is 0 Å². The summed E-state index contributed by atoms with van der Waals surface area (Å²) in [6.45, 7) is 2.38. The predicted octanol–water partition coefficient (Wildman–Crippen LogP) is 0.327. The average Bonchev–Trinajstić information content (AvgIpc) is 2.86. The van der Waals surface area contributed by atoms with E-state index < -0.39 is 17.2 Å². The molecule has 0 unspecified atom stereocenters. The summed E-state index contributed by atoms with van der Waals surface area (Å²) in [7, 11) is 4.62. The highest BCUT2D eigenvalue weighted by molar-refractivity contribution is 5.87. The van der Waals surface area contributed by atoms with Crippen LogP contribution in [-0.4, -0.2) is 31.3 Å². The van der Waals surface area contributed by atoms with Gasteiger partial charge in [0.2, 0.25) is 0 Å². The molecule has 0 aliphatic rings. The summed E-state index contributed by atoms with van der Waals surface area (Å²) in [5.41, 5.74) is -0.299. The van der Waals surface area contributed by atoms with E-state index in [4.69, 9.17) is 4.74 Å². The lowest BCUT2D eigenvalue weighted by molar-refractivity contribution is -0.137. The van der Waals surface area contributed by atoms with Gasteiger partial charge in [0.15, 0.2) is 11.2 Å². The van der Waals surface area contributed by atoms with Gasteiger partial charge in [-0.05, 0) is 12.5 Å². The monoisotopic (exact) mass is 320 g/mol. The molecule has 0 bridgehead atoms. The molecule has 0 saturated heterocycles. The minimum absolute atomic E-state index is 0.277. The molecule has 0 saturated carbocycles. The molecule has 0 N–H and O–H groups in total. The standard InChI is InChI=1S/C15H20N4O4/c1-5-6-9-23-11(20)8-7-10-16-13-12(17(10)2)14(21)19(4)15(22)18(13)3/h7-8H,5-6,9H2,1-4H3/b8-7+. The molecule has 8 nitrogen and oxygen atoms in total. The fourth-order valence-corrected chi connectivity index (χ4v) is 2.19. The molecule has 2 rings (SSSR count). The SMILES string of the molecule is CCCCOC(=O)/C=C/c1nc2c(c(=O)n(C)c(=O)n2C)n1C. The van der Waals surface area contributed by atoms with Gasteiger partial charge >= 0.3 is 11.7 Å². The van der Waals surface area contributed by atoms with Crippen molar-refractivity contribution in [3.8, 4) is 0 Å². The Hall–Kier alpha value is -2.64. The third kappa shape index (κ3) is 3.10. The maximum absolute atomic E-state index is 12.2. The van der Waals surface area contributed by atoms with Crippen molar-refractivity contribution in [1.82, 2.24) is 18.7 Å². The maximum atomic E-state index is 12.2. The molecule has 2 heterocycles. The second-order valence-electron chi connectivity index (χ2n) is 5.26. The lowest BCUT2D eigenvalue weighted by atomic mass is 10.4. The van der Waals surface area contributed by atoms with E-state index in [-0.39, 0.29) is 5.65 Å². The highest BCUT2D eigenvalue weighted by Crippen LogP contribution is 2.10. The molecule has 0 aromatic carbocycles. The Morgan fingerprint density at radius 3 is 2.52 bits per heavy atom. The van der Waals surface area contributed by atoms with Gasteiger partial charge in [-0.15, -0.1) is 0 Å². The Balaban J connectivity index is 2.41. The van der Waals surface area contributed by atoms with E-state index in [2.05, 4.69) is 4.98 Å². The molecule has 124 valence electrons. The molecule has 0 aliphatic carbocycles. The molecular formula is C15H20N4O4. The maximum Gasteiger partial charge on any atom is 0.332 e. The zero-order valence-corrected chi connectivity index (χ0v) is 13.7. The van der Waals surface area contributed by atoms with Crippen LogP contribution in [0.1, 0.15) is 25.6 Å². The smallest absolute Gasteiger partial charge is 0.332 e. The summed E-state index contributed by atoms with van der Waals surface area (Å²) in [6, 6.07) is 0. The number of aromatic nitrogens is 4. The quantitative estimate of drug-likeness (QED) is 0.450. The number of esters is 1. The molecule has 0 amide bonds. The van der Waals surface area contributed by atoms with Crippen LogP contribution in [0.4, 0.5) is 0 Å². The molecule has 23 heavy (non-hydrogen) atoms. The third-order valence-corrected chi connectivity index (χ3v) is 3.62. The van der Waals surface area contributed by atoms with E-state index in [1.54, 1.807) is 18.7 Å². The zero-order chi connectivity index (χ0) is 17.1. The van der Waals surface area contributed by atoms with E-state index in [0.29, 0.717) is 17.9 Å². The number of carbonyl (C=O) groups excluding carboxylic acids is 1. The number of hydrogen-bond acceptors (Lipinski definition) is 5. The van der Waals surface area contributed by atoms with Gasteiger partial charge in [-0.3, -0.25) is 13.9 Å². The Morgan fingerprint density at radius 1 is 1.17 bits per heavy atom. The van der Waals surface area contributed by atoms with Crippen molar-refractivity contribution in [3.05, 3.63) is 32.7 Å². The van der Waals surface area contributed by atoms with Gasteiger partial charge < -0.3 is 9.30 Å². The van der Waals surface area contributed by atoms with Crippen LogP contribution in [0.3, 0.4) is 0 Å². The molecule has 0 atom stereocenters. The highest BCUT2D eigenvalue weighted by atomic mass is 16.5. The number of ether oxygens (including phenoxy) is 1. The molecule has 0 aliphatic heterocycles. The third-order valence-electron chi connectivity index (χ3n) is 3.62. The predicted molar refractivity (Wildman–Crippen MR) is 86.1 cm³/mol. The molecule has 2 aromatic rings. The minimum Gasteiger partial charge on any atom is -0.463 e. The first kappa shape index (κ1) is 16.7. The summed E-state index contributed by atoms with van der Waals surface area (Å²) in [4.78, 5) is 40.0. The van der Waals surface area contributed by atoms with Crippen molar-refractivity contribution in [2.75, 3.05) is 6.61 Å². The fraction of sp³-hybridized carbons (Fsp3) is 0.467. The number of rotatable bonds is 5. The van der Waals surface area contributed by atoms with E-state index >= 15 is 0 Å². The summed E-state index contributed by atoms with van der Waals surface area (Å²) < 4.78 is 8.89. The average molecular weight is 320 g/mol. The highest BCUT2D eigenvalue weighted by Gasteiger charge is 2.15. The van der Waals surface area contributed by atoms with Gasteiger partial charge in [-0.2, -0.15) is 0 Å². The van der Waals surface area contributed by atoms with Crippen LogP contribution < -0.4 is 11.2 Å². The summed E-state index contributed by atoms with van der Waals surface area (Å²) in [6.07, 6.45) is 4.49. The van der Waals surface area contributed by atoms with Crippen LogP contribution in [0.2, 0.25) is 0 Å². The van der Waals surface area contributed by atoms with Crippen LogP contribution in [0, 0.1) is 0 Å².